The van der Waals surface area contributed by atoms with Gasteiger partial charge >= 0.3 is 0 Å². The fourth-order valence-corrected chi connectivity index (χ4v) is 6.68. The number of hydrogen-bond acceptors (Lipinski definition) is 5. The van der Waals surface area contributed by atoms with Crippen molar-refractivity contribution in [3.8, 4) is 16.2 Å². The van der Waals surface area contributed by atoms with Crippen molar-refractivity contribution >= 4 is 38.9 Å². The van der Waals surface area contributed by atoms with Gasteiger partial charge in [0.15, 0.2) is 0 Å². The van der Waals surface area contributed by atoms with Gasteiger partial charge in [0, 0.05) is 34.8 Å². The van der Waals surface area contributed by atoms with Crippen LogP contribution in [-0.2, 0) is 16.0 Å². The van der Waals surface area contributed by atoms with Gasteiger partial charge in [0.05, 0.1) is 5.92 Å². The highest BCUT2D eigenvalue weighted by Gasteiger charge is 2.28. The minimum atomic E-state index is -0.312. The Morgan fingerprint density at radius 2 is 1.77 bits per heavy atom. The Balaban J connectivity index is 1.16. The molecule has 7 heteroatoms. The number of nitrogens with one attached hydrogen (secondary N) is 2. The molecule has 39 heavy (non-hydrogen) atoms. The summed E-state index contributed by atoms with van der Waals surface area (Å²) in [7, 11) is 0. The monoisotopic (exact) mass is 539 g/mol. The number of fused-ring (bicyclic) bond motifs is 1. The fourth-order valence-electron chi connectivity index (χ4n) is 5.45. The average molecular weight is 540 g/mol. The van der Waals surface area contributed by atoms with Crippen LogP contribution in [0.5, 0.6) is 5.75 Å². The van der Waals surface area contributed by atoms with Crippen LogP contribution in [0.25, 0.3) is 20.5 Å². The average Bonchev–Trinajstić information content (AvgIpc) is 3.71. The van der Waals surface area contributed by atoms with E-state index in [4.69, 9.17) is 4.74 Å². The van der Waals surface area contributed by atoms with Crippen molar-refractivity contribution in [2.45, 2.75) is 25.7 Å². The Bertz CT molecular complexity index is 1460. The number of anilines is 1. The summed E-state index contributed by atoms with van der Waals surface area (Å²) >= 11 is 1.80. The van der Waals surface area contributed by atoms with Crippen molar-refractivity contribution in [2.24, 2.45) is 5.92 Å². The van der Waals surface area contributed by atoms with E-state index >= 15 is 0 Å². The Morgan fingerprint density at radius 1 is 1.00 bits per heavy atom. The summed E-state index contributed by atoms with van der Waals surface area (Å²) in [5.41, 5.74) is 4.43. The van der Waals surface area contributed by atoms with Crippen LogP contribution < -0.4 is 15.4 Å². The number of hydrogen-bond donors (Lipinski definition) is 2. The third-order valence-electron chi connectivity index (χ3n) is 7.64. The van der Waals surface area contributed by atoms with E-state index in [0.29, 0.717) is 6.54 Å². The minimum Gasteiger partial charge on any atom is -0.492 e. The van der Waals surface area contributed by atoms with Gasteiger partial charge < -0.3 is 15.4 Å². The molecule has 200 valence electrons. The van der Waals surface area contributed by atoms with Gasteiger partial charge in [-0.3, -0.25) is 14.5 Å². The molecule has 4 aromatic rings. The second-order valence-electron chi connectivity index (χ2n) is 10.4. The van der Waals surface area contributed by atoms with Gasteiger partial charge in [-0.1, -0.05) is 42.5 Å². The lowest BCUT2D eigenvalue weighted by atomic mass is 9.99. The summed E-state index contributed by atoms with van der Waals surface area (Å²) in [6, 6.07) is 25.1. The van der Waals surface area contributed by atoms with Gasteiger partial charge in [-0.15, -0.1) is 11.3 Å². The molecule has 0 spiro atoms. The summed E-state index contributed by atoms with van der Waals surface area (Å²) in [6.45, 7) is 4.50. The molecule has 1 atom stereocenters. The van der Waals surface area contributed by atoms with Crippen molar-refractivity contribution in [1.29, 1.82) is 0 Å². The number of amides is 2. The molecule has 1 unspecified atom stereocenters. The number of likely N-dealkylation sites (tertiary alicyclic amines) is 1. The van der Waals surface area contributed by atoms with Crippen molar-refractivity contribution in [3.63, 3.8) is 0 Å². The number of carbonyl (C=O) groups excluding carboxylic acids is 2. The Hall–Kier alpha value is -3.68. The zero-order valence-electron chi connectivity index (χ0n) is 21.9. The van der Waals surface area contributed by atoms with Gasteiger partial charge in [-0.2, -0.15) is 0 Å². The quantitative estimate of drug-likeness (QED) is 0.286. The number of carbonyl (C=O) groups is 2. The molecule has 2 N–H and O–H groups in total. The SMILES string of the molecule is O=C1CC(C(=O)Nc2ccc(-c3sc4ccccc4c3Cc3ccc(OCCN4CCCC4)cc3)cc2)CN1. The van der Waals surface area contributed by atoms with Gasteiger partial charge in [-0.05, 0) is 84.8 Å². The molecule has 6 rings (SSSR count). The van der Waals surface area contributed by atoms with Crippen LogP contribution in [0, 0.1) is 5.92 Å². The largest absolute Gasteiger partial charge is 0.492 e. The Morgan fingerprint density at radius 3 is 2.51 bits per heavy atom. The first-order valence-electron chi connectivity index (χ1n) is 13.7. The first-order chi connectivity index (χ1) is 19.1. The maximum Gasteiger partial charge on any atom is 0.229 e. The topological polar surface area (TPSA) is 70.7 Å². The molecule has 2 fully saturated rings. The summed E-state index contributed by atoms with van der Waals surface area (Å²) < 4.78 is 7.27. The van der Waals surface area contributed by atoms with Crippen LogP contribution in [0.2, 0.25) is 0 Å². The maximum absolute atomic E-state index is 12.5. The van der Waals surface area contributed by atoms with Crippen LogP contribution in [0.4, 0.5) is 5.69 Å². The maximum atomic E-state index is 12.5. The Labute approximate surface area is 233 Å². The molecule has 0 bridgehead atoms. The lowest BCUT2D eigenvalue weighted by molar-refractivity contribution is -0.123. The molecule has 2 aliphatic rings. The van der Waals surface area contributed by atoms with E-state index in [2.05, 4.69) is 76.2 Å². The smallest absolute Gasteiger partial charge is 0.229 e. The van der Waals surface area contributed by atoms with Crippen LogP contribution in [0.1, 0.15) is 30.4 Å². The van der Waals surface area contributed by atoms with Gasteiger partial charge in [0.25, 0.3) is 0 Å². The lowest BCUT2D eigenvalue weighted by Gasteiger charge is -2.15. The number of nitrogens with zero attached hydrogens (tertiary/aromatic N) is 1. The number of ether oxygens (including phenoxy) is 1. The van der Waals surface area contributed by atoms with Crippen LogP contribution in [0.3, 0.4) is 0 Å². The highest BCUT2D eigenvalue weighted by Crippen LogP contribution is 2.40. The Kier molecular flexibility index (Phi) is 7.61. The zero-order valence-corrected chi connectivity index (χ0v) is 22.8. The van der Waals surface area contributed by atoms with E-state index in [9.17, 15) is 9.59 Å². The second kappa shape index (κ2) is 11.6. The molecule has 2 amide bonds. The van der Waals surface area contributed by atoms with Gasteiger partial charge in [-0.25, -0.2) is 0 Å². The predicted octanol–water partition coefficient (Wildman–Crippen LogP) is 5.71. The third kappa shape index (κ3) is 6.00. The standard InChI is InChI=1S/C32H33N3O3S/c36-30-20-24(21-33-30)32(37)34-25-11-9-23(10-12-25)31-28(27-5-1-2-6-29(27)39-31)19-22-7-13-26(14-8-22)38-18-17-35-15-3-4-16-35/h1-2,5-14,24H,3-4,15-21H2,(H,33,36)(H,34,37). The molecule has 3 heterocycles. The van der Waals surface area contributed by atoms with Gasteiger partial charge in [0.1, 0.15) is 12.4 Å². The van der Waals surface area contributed by atoms with E-state index in [0.717, 1.165) is 36.6 Å². The normalized spacial score (nSPS) is 17.4. The van der Waals surface area contributed by atoms with Crippen molar-refractivity contribution < 1.29 is 14.3 Å². The summed E-state index contributed by atoms with van der Waals surface area (Å²) in [4.78, 5) is 27.7. The molecular formula is C32H33N3O3S. The molecule has 1 aromatic heterocycles. The van der Waals surface area contributed by atoms with E-state index in [1.165, 1.54) is 52.0 Å². The summed E-state index contributed by atoms with van der Waals surface area (Å²) in [6.07, 6.45) is 3.68. The lowest BCUT2D eigenvalue weighted by Crippen LogP contribution is -2.25. The summed E-state index contributed by atoms with van der Waals surface area (Å²) in [5.74, 6) is 0.423. The number of benzene rings is 3. The summed E-state index contributed by atoms with van der Waals surface area (Å²) in [5, 5.41) is 6.96. The van der Waals surface area contributed by atoms with E-state index in [1.807, 2.05) is 12.1 Å². The molecule has 0 radical (unpaired) electrons. The van der Waals surface area contributed by atoms with Crippen molar-refractivity contribution in [2.75, 3.05) is 38.1 Å². The first-order valence-corrected chi connectivity index (χ1v) is 14.6. The molecule has 2 saturated heterocycles. The van der Waals surface area contributed by atoms with Crippen LogP contribution in [0.15, 0.2) is 72.8 Å². The van der Waals surface area contributed by atoms with Crippen molar-refractivity contribution in [1.82, 2.24) is 10.2 Å². The first kappa shape index (κ1) is 25.6. The predicted molar refractivity (Wildman–Crippen MR) is 157 cm³/mol. The van der Waals surface area contributed by atoms with E-state index < -0.39 is 0 Å². The number of rotatable bonds is 9. The second-order valence-corrected chi connectivity index (χ2v) is 11.4. The van der Waals surface area contributed by atoms with Crippen molar-refractivity contribution in [3.05, 3.63) is 83.9 Å². The molecule has 0 aliphatic carbocycles. The molecular weight excluding hydrogens is 506 g/mol. The van der Waals surface area contributed by atoms with E-state index in [1.54, 1.807) is 11.3 Å². The number of thiophene rings is 1. The third-order valence-corrected chi connectivity index (χ3v) is 8.90. The van der Waals surface area contributed by atoms with Gasteiger partial charge in [0.2, 0.25) is 11.8 Å². The highest BCUT2D eigenvalue weighted by atomic mass is 32.1. The fraction of sp³-hybridized carbons (Fsp3) is 0.312. The minimum absolute atomic E-state index is 0.0672. The van der Waals surface area contributed by atoms with Crippen LogP contribution >= 0.6 is 11.3 Å². The molecule has 0 saturated carbocycles. The highest BCUT2D eigenvalue weighted by molar-refractivity contribution is 7.22. The van der Waals surface area contributed by atoms with Crippen LogP contribution in [-0.4, -0.2) is 49.5 Å². The zero-order chi connectivity index (χ0) is 26.6. The molecule has 2 aliphatic heterocycles. The molecule has 3 aromatic carbocycles. The molecule has 6 nitrogen and oxygen atoms in total. The van der Waals surface area contributed by atoms with E-state index in [-0.39, 0.29) is 24.2 Å².